The average molecular weight is 367 g/mol. The average Bonchev–Trinajstić information content (AvgIpc) is 2.96. The van der Waals surface area contributed by atoms with Crippen molar-refractivity contribution in [2.45, 2.75) is 31.3 Å². The van der Waals surface area contributed by atoms with Gasteiger partial charge in [0.05, 0.1) is 13.1 Å². The Bertz CT molecular complexity index is 723. The van der Waals surface area contributed by atoms with E-state index in [1.807, 2.05) is 0 Å². The number of hydrogen-bond acceptors (Lipinski definition) is 5. The van der Waals surface area contributed by atoms with Crippen LogP contribution < -0.4 is 15.5 Å². The maximum absolute atomic E-state index is 13.6. The molecule has 26 heavy (non-hydrogen) atoms. The molecule has 2 N–H and O–H groups in total. The number of Topliss-reactive ketones (excluding diaryl/α,β-unsaturated/α-hetero) is 1. The van der Waals surface area contributed by atoms with Gasteiger partial charge in [0.25, 0.3) is 0 Å². The number of rotatable bonds is 5. The highest BCUT2D eigenvalue weighted by Gasteiger charge is 2.43. The summed E-state index contributed by atoms with van der Waals surface area (Å²) in [6.45, 7) is -0.122. The summed E-state index contributed by atoms with van der Waals surface area (Å²) in [5.41, 5.74) is 6.22. The normalized spacial score (nSPS) is 22.5. The molecule has 2 aliphatic rings. The van der Waals surface area contributed by atoms with E-state index in [1.54, 1.807) is 24.3 Å². The summed E-state index contributed by atoms with van der Waals surface area (Å²) >= 11 is 0. The van der Waals surface area contributed by atoms with E-state index in [-0.39, 0.29) is 19.4 Å². The maximum Gasteiger partial charge on any atom is 0.414 e. The first kappa shape index (κ1) is 18.1. The Morgan fingerprint density at radius 3 is 2.50 bits per heavy atom. The predicted octanol–water partition coefficient (Wildman–Crippen LogP) is 1.69. The highest BCUT2D eigenvalue weighted by Crippen LogP contribution is 2.30. The number of amides is 2. The summed E-state index contributed by atoms with van der Waals surface area (Å²) in [4.78, 5) is 36.9. The van der Waals surface area contributed by atoms with Gasteiger partial charge in [0.1, 0.15) is 6.10 Å². The minimum atomic E-state index is -3.34. The van der Waals surface area contributed by atoms with E-state index in [1.165, 1.54) is 9.80 Å². The first-order valence-electron chi connectivity index (χ1n) is 8.29. The lowest BCUT2D eigenvalue weighted by Crippen LogP contribution is -2.49. The van der Waals surface area contributed by atoms with Gasteiger partial charge in [0.2, 0.25) is 11.7 Å². The van der Waals surface area contributed by atoms with Crippen LogP contribution in [0.1, 0.15) is 19.3 Å². The van der Waals surface area contributed by atoms with Crippen LogP contribution in [0, 0.1) is 0 Å². The van der Waals surface area contributed by atoms with Crippen LogP contribution in [0.15, 0.2) is 24.3 Å². The number of hydrogen-bond donors (Lipinski definition) is 1. The Morgan fingerprint density at radius 2 is 1.88 bits per heavy atom. The number of cyclic esters (lactones) is 1. The monoisotopic (exact) mass is 367 g/mol. The molecule has 0 radical (unpaired) electrons. The molecular formula is C17H19F2N3O4. The molecule has 2 aliphatic heterocycles. The fourth-order valence-electron chi connectivity index (χ4n) is 3.08. The Kier molecular flexibility index (Phi) is 4.80. The molecule has 0 spiro atoms. The molecule has 2 fully saturated rings. The van der Waals surface area contributed by atoms with Crippen molar-refractivity contribution >= 4 is 29.2 Å². The van der Waals surface area contributed by atoms with Crippen LogP contribution in [0.2, 0.25) is 0 Å². The first-order valence-corrected chi connectivity index (χ1v) is 8.29. The molecule has 1 unspecified atom stereocenters. The van der Waals surface area contributed by atoms with Gasteiger partial charge in [-0.15, -0.1) is 0 Å². The van der Waals surface area contributed by atoms with Crippen molar-refractivity contribution in [1.29, 1.82) is 0 Å². The summed E-state index contributed by atoms with van der Waals surface area (Å²) in [5, 5.41) is 0. The molecule has 7 nitrogen and oxygen atoms in total. The van der Waals surface area contributed by atoms with Crippen molar-refractivity contribution in [3.8, 4) is 0 Å². The zero-order chi connectivity index (χ0) is 18.9. The largest absolute Gasteiger partial charge is 0.444 e. The van der Waals surface area contributed by atoms with Crippen LogP contribution in [-0.2, 0) is 14.3 Å². The standard InChI is InChI=1S/C17H19F2N3O4/c18-17(19)10-21(8-7-14(17)23)11-1-3-12(4-2-11)22-9-13(26-16(22)25)5-6-15(20)24/h1-4,13H,5-10H2,(H2,20,24). The van der Waals surface area contributed by atoms with Crippen LogP contribution in [0.3, 0.4) is 0 Å². The van der Waals surface area contributed by atoms with Crippen molar-refractivity contribution in [3.63, 3.8) is 0 Å². The quantitative estimate of drug-likeness (QED) is 0.855. The van der Waals surface area contributed by atoms with Crippen LogP contribution >= 0.6 is 0 Å². The highest BCUT2D eigenvalue weighted by molar-refractivity contribution is 5.90. The predicted molar refractivity (Wildman–Crippen MR) is 89.3 cm³/mol. The molecular weight excluding hydrogens is 348 g/mol. The summed E-state index contributed by atoms with van der Waals surface area (Å²) in [7, 11) is 0. The number of benzene rings is 1. The van der Waals surface area contributed by atoms with Gasteiger partial charge < -0.3 is 15.4 Å². The number of nitrogens with two attached hydrogens (primary N) is 1. The molecule has 0 saturated carbocycles. The molecule has 2 heterocycles. The molecule has 9 heteroatoms. The van der Waals surface area contributed by atoms with E-state index < -0.39 is 36.4 Å². The summed E-state index contributed by atoms with van der Waals surface area (Å²) in [5.74, 6) is -4.84. The topological polar surface area (TPSA) is 92.9 Å². The second-order valence-electron chi connectivity index (χ2n) is 6.44. The van der Waals surface area contributed by atoms with Crippen molar-refractivity contribution in [3.05, 3.63) is 24.3 Å². The second kappa shape index (κ2) is 6.89. The number of ketones is 1. The summed E-state index contributed by atoms with van der Waals surface area (Å²) in [6.07, 6.45) is -0.655. The van der Waals surface area contributed by atoms with Crippen molar-refractivity contribution in [1.82, 2.24) is 0 Å². The fraction of sp³-hybridized carbons (Fsp3) is 0.471. The highest BCUT2D eigenvalue weighted by atomic mass is 19.3. The lowest BCUT2D eigenvalue weighted by molar-refractivity contribution is -0.143. The molecule has 1 atom stereocenters. The number of nitrogens with zero attached hydrogens (tertiary/aromatic N) is 2. The molecule has 3 rings (SSSR count). The van der Waals surface area contributed by atoms with E-state index in [0.717, 1.165) is 0 Å². The first-order chi connectivity index (χ1) is 12.3. The Morgan fingerprint density at radius 1 is 1.23 bits per heavy atom. The van der Waals surface area contributed by atoms with Gasteiger partial charge in [-0.05, 0) is 30.7 Å². The number of carbonyl (C=O) groups is 3. The number of carbonyl (C=O) groups excluding carboxylic acids is 3. The third-order valence-corrected chi connectivity index (χ3v) is 4.52. The third kappa shape index (κ3) is 3.76. The van der Waals surface area contributed by atoms with Crippen LogP contribution in [-0.4, -0.2) is 49.4 Å². The van der Waals surface area contributed by atoms with Gasteiger partial charge in [0.15, 0.2) is 0 Å². The fourth-order valence-corrected chi connectivity index (χ4v) is 3.08. The van der Waals surface area contributed by atoms with E-state index in [2.05, 4.69) is 0 Å². The van der Waals surface area contributed by atoms with Crippen molar-refractivity contribution < 1.29 is 27.9 Å². The van der Waals surface area contributed by atoms with Gasteiger partial charge in [-0.3, -0.25) is 14.5 Å². The van der Waals surface area contributed by atoms with E-state index >= 15 is 0 Å². The number of alkyl halides is 2. The van der Waals surface area contributed by atoms with E-state index in [9.17, 15) is 23.2 Å². The molecule has 140 valence electrons. The van der Waals surface area contributed by atoms with E-state index in [4.69, 9.17) is 10.5 Å². The van der Waals surface area contributed by atoms with E-state index in [0.29, 0.717) is 24.3 Å². The van der Waals surface area contributed by atoms with Gasteiger partial charge in [0, 0.05) is 30.8 Å². The molecule has 0 bridgehead atoms. The SMILES string of the molecule is NC(=O)CCC1CN(c2ccc(N3CCC(=O)C(F)(F)C3)cc2)C(=O)O1. The molecule has 0 aliphatic carbocycles. The van der Waals surface area contributed by atoms with Gasteiger partial charge in [-0.2, -0.15) is 8.78 Å². The van der Waals surface area contributed by atoms with Crippen LogP contribution in [0.5, 0.6) is 0 Å². The summed E-state index contributed by atoms with van der Waals surface area (Å²) < 4.78 is 32.4. The zero-order valence-corrected chi connectivity index (χ0v) is 14.0. The minimum Gasteiger partial charge on any atom is -0.444 e. The Labute approximate surface area is 148 Å². The lowest BCUT2D eigenvalue weighted by atomic mass is 10.0. The third-order valence-electron chi connectivity index (χ3n) is 4.52. The molecule has 1 aromatic carbocycles. The smallest absolute Gasteiger partial charge is 0.414 e. The minimum absolute atomic E-state index is 0.132. The zero-order valence-electron chi connectivity index (χ0n) is 14.0. The Balaban J connectivity index is 1.65. The number of ether oxygens (including phenoxy) is 1. The Hall–Kier alpha value is -2.71. The van der Waals surface area contributed by atoms with Crippen LogP contribution in [0.4, 0.5) is 25.0 Å². The molecule has 2 amide bonds. The number of piperidine rings is 1. The van der Waals surface area contributed by atoms with Crippen molar-refractivity contribution in [2.24, 2.45) is 5.73 Å². The van der Waals surface area contributed by atoms with Crippen molar-refractivity contribution in [2.75, 3.05) is 29.4 Å². The van der Waals surface area contributed by atoms with Gasteiger partial charge >= 0.3 is 12.0 Å². The maximum atomic E-state index is 13.6. The molecule has 2 saturated heterocycles. The molecule has 1 aromatic rings. The molecule has 0 aromatic heterocycles. The summed E-state index contributed by atoms with van der Waals surface area (Å²) in [6, 6.07) is 6.54. The number of anilines is 2. The number of primary amides is 1. The number of halogens is 2. The van der Waals surface area contributed by atoms with Gasteiger partial charge in [-0.25, -0.2) is 4.79 Å². The van der Waals surface area contributed by atoms with Gasteiger partial charge in [-0.1, -0.05) is 0 Å². The van der Waals surface area contributed by atoms with Crippen LogP contribution in [0.25, 0.3) is 0 Å². The lowest BCUT2D eigenvalue weighted by Gasteiger charge is -2.33. The second-order valence-corrected chi connectivity index (χ2v) is 6.44.